The molecule has 4 nitrogen and oxygen atoms in total. The molecular weight excluding hydrogens is 228 g/mol. The van der Waals surface area contributed by atoms with Crippen molar-refractivity contribution in [3.63, 3.8) is 0 Å². The van der Waals surface area contributed by atoms with Crippen LogP contribution in [0.1, 0.15) is 12.0 Å². The van der Waals surface area contributed by atoms with E-state index in [1.165, 1.54) is 6.42 Å². The lowest BCUT2D eigenvalue weighted by molar-refractivity contribution is 0.305. The van der Waals surface area contributed by atoms with Crippen LogP contribution in [0.25, 0.3) is 0 Å². The predicted octanol–water partition coefficient (Wildman–Crippen LogP) is 1.44. The fourth-order valence-corrected chi connectivity index (χ4v) is 2.61. The van der Waals surface area contributed by atoms with Crippen molar-refractivity contribution in [2.24, 2.45) is 5.92 Å². The zero-order chi connectivity index (χ0) is 13.0. The van der Waals surface area contributed by atoms with Crippen LogP contribution in [-0.2, 0) is 6.54 Å². The number of methoxy groups -OCH3 is 1. The van der Waals surface area contributed by atoms with Gasteiger partial charge in [0.15, 0.2) is 11.5 Å². The van der Waals surface area contributed by atoms with Crippen molar-refractivity contribution in [3.8, 4) is 11.5 Å². The van der Waals surface area contributed by atoms with Crippen molar-refractivity contribution >= 4 is 0 Å². The molecule has 1 aliphatic rings. The molecule has 1 aromatic carbocycles. The Morgan fingerprint density at radius 1 is 1.50 bits per heavy atom. The number of hydrogen-bond acceptors (Lipinski definition) is 4. The minimum absolute atomic E-state index is 0.275. The number of ether oxygens (including phenoxy) is 1. The van der Waals surface area contributed by atoms with E-state index in [0.29, 0.717) is 5.75 Å². The van der Waals surface area contributed by atoms with E-state index in [-0.39, 0.29) is 5.75 Å². The number of rotatable bonds is 5. The summed E-state index contributed by atoms with van der Waals surface area (Å²) in [5, 5.41) is 13.3. The lowest BCUT2D eigenvalue weighted by Crippen LogP contribution is -2.24. The molecule has 4 heteroatoms. The van der Waals surface area contributed by atoms with Crippen molar-refractivity contribution in [2.45, 2.75) is 13.0 Å². The van der Waals surface area contributed by atoms with Crippen LogP contribution in [0.5, 0.6) is 11.5 Å². The van der Waals surface area contributed by atoms with Crippen molar-refractivity contribution in [3.05, 3.63) is 23.8 Å². The first-order chi connectivity index (χ1) is 8.74. The molecule has 0 aromatic heterocycles. The van der Waals surface area contributed by atoms with Crippen LogP contribution in [0.15, 0.2) is 18.2 Å². The van der Waals surface area contributed by atoms with E-state index in [1.807, 2.05) is 19.2 Å². The number of nitrogens with zero attached hydrogens (tertiary/aromatic N) is 1. The molecule has 1 unspecified atom stereocenters. The van der Waals surface area contributed by atoms with E-state index in [1.54, 1.807) is 13.2 Å². The minimum Gasteiger partial charge on any atom is -0.504 e. The van der Waals surface area contributed by atoms with Gasteiger partial charge in [0, 0.05) is 18.7 Å². The number of likely N-dealkylation sites (tertiary alicyclic amines) is 1. The summed E-state index contributed by atoms with van der Waals surface area (Å²) in [6.07, 6.45) is 1.23. The zero-order valence-corrected chi connectivity index (χ0v) is 11.1. The summed E-state index contributed by atoms with van der Waals surface area (Å²) < 4.78 is 5.13. The van der Waals surface area contributed by atoms with Crippen LogP contribution >= 0.6 is 0 Å². The van der Waals surface area contributed by atoms with Gasteiger partial charge in [0.1, 0.15) is 0 Å². The number of nitrogens with one attached hydrogen (secondary N) is 1. The van der Waals surface area contributed by atoms with Gasteiger partial charge >= 0.3 is 0 Å². The molecule has 1 aromatic rings. The van der Waals surface area contributed by atoms with E-state index in [2.05, 4.69) is 10.2 Å². The van der Waals surface area contributed by atoms with Crippen LogP contribution in [0.2, 0.25) is 0 Å². The summed E-state index contributed by atoms with van der Waals surface area (Å²) in [6, 6.07) is 5.67. The maximum atomic E-state index is 10.1. The monoisotopic (exact) mass is 250 g/mol. The van der Waals surface area contributed by atoms with Crippen molar-refractivity contribution in [2.75, 3.05) is 33.8 Å². The molecular formula is C14H22N2O2. The second kappa shape index (κ2) is 6.07. The number of phenols is 1. The summed E-state index contributed by atoms with van der Waals surface area (Å²) in [4.78, 5) is 2.39. The standard InChI is InChI=1S/C14H22N2O2/c1-15-8-11-6-7-16(9-11)10-12-4-3-5-13(18-2)14(12)17/h3-5,11,15,17H,6-10H2,1-2H3. The van der Waals surface area contributed by atoms with Gasteiger partial charge in [0.2, 0.25) is 0 Å². The van der Waals surface area contributed by atoms with Gasteiger partial charge < -0.3 is 15.2 Å². The summed E-state index contributed by atoms with van der Waals surface area (Å²) >= 11 is 0. The Morgan fingerprint density at radius 2 is 2.33 bits per heavy atom. The molecule has 1 heterocycles. The Balaban J connectivity index is 1.98. The van der Waals surface area contributed by atoms with Crippen molar-refractivity contribution < 1.29 is 9.84 Å². The number of hydrogen-bond donors (Lipinski definition) is 2. The second-order valence-corrected chi connectivity index (χ2v) is 4.92. The largest absolute Gasteiger partial charge is 0.504 e. The van der Waals surface area contributed by atoms with Crippen LogP contribution in [0.4, 0.5) is 0 Å². The summed E-state index contributed by atoms with van der Waals surface area (Å²) in [5.41, 5.74) is 0.944. The quantitative estimate of drug-likeness (QED) is 0.830. The van der Waals surface area contributed by atoms with E-state index in [0.717, 1.165) is 37.7 Å². The van der Waals surface area contributed by atoms with Gasteiger partial charge in [-0.25, -0.2) is 0 Å². The van der Waals surface area contributed by atoms with Gasteiger partial charge in [-0.15, -0.1) is 0 Å². The van der Waals surface area contributed by atoms with Gasteiger partial charge in [-0.05, 0) is 38.5 Å². The third-order valence-electron chi connectivity index (χ3n) is 3.56. The first-order valence-corrected chi connectivity index (χ1v) is 6.46. The average molecular weight is 250 g/mol. The molecule has 2 N–H and O–H groups in total. The Bertz CT molecular complexity index is 395. The molecule has 0 radical (unpaired) electrons. The number of aromatic hydroxyl groups is 1. The Kier molecular flexibility index (Phi) is 4.44. The third kappa shape index (κ3) is 2.94. The first kappa shape index (κ1) is 13.2. The van der Waals surface area contributed by atoms with Gasteiger partial charge in [0.05, 0.1) is 7.11 Å². The molecule has 0 aliphatic carbocycles. The van der Waals surface area contributed by atoms with Crippen molar-refractivity contribution in [1.82, 2.24) is 10.2 Å². The third-order valence-corrected chi connectivity index (χ3v) is 3.56. The maximum absolute atomic E-state index is 10.1. The van der Waals surface area contributed by atoms with Crippen molar-refractivity contribution in [1.29, 1.82) is 0 Å². The van der Waals surface area contributed by atoms with Crippen LogP contribution in [0.3, 0.4) is 0 Å². The Morgan fingerprint density at radius 3 is 3.06 bits per heavy atom. The molecule has 1 fully saturated rings. The number of benzene rings is 1. The van der Waals surface area contributed by atoms with Crippen LogP contribution in [-0.4, -0.2) is 43.8 Å². The highest BCUT2D eigenvalue weighted by Crippen LogP contribution is 2.31. The number of para-hydroxylation sites is 1. The lowest BCUT2D eigenvalue weighted by Gasteiger charge is -2.17. The SMILES string of the molecule is CNCC1CCN(Cc2cccc(OC)c2O)C1. The molecule has 100 valence electrons. The fourth-order valence-electron chi connectivity index (χ4n) is 2.61. The highest BCUT2D eigenvalue weighted by Gasteiger charge is 2.22. The molecule has 0 saturated carbocycles. The fraction of sp³-hybridized carbons (Fsp3) is 0.571. The Hall–Kier alpha value is -1.26. The number of phenolic OH excluding ortho intramolecular Hbond substituents is 1. The normalized spacial score (nSPS) is 20.2. The predicted molar refractivity (Wildman–Crippen MR) is 72.0 cm³/mol. The van der Waals surface area contributed by atoms with Gasteiger partial charge in [0.25, 0.3) is 0 Å². The van der Waals surface area contributed by atoms with E-state index in [4.69, 9.17) is 4.74 Å². The highest BCUT2D eigenvalue weighted by molar-refractivity contribution is 5.45. The maximum Gasteiger partial charge on any atom is 0.162 e. The van der Waals surface area contributed by atoms with Gasteiger partial charge in [-0.1, -0.05) is 12.1 Å². The molecule has 18 heavy (non-hydrogen) atoms. The summed E-state index contributed by atoms with van der Waals surface area (Å²) in [6.45, 7) is 4.06. The smallest absolute Gasteiger partial charge is 0.162 e. The molecule has 0 amide bonds. The molecule has 1 aliphatic heterocycles. The van der Waals surface area contributed by atoms with Gasteiger partial charge in [-0.2, -0.15) is 0 Å². The second-order valence-electron chi connectivity index (χ2n) is 4.92. The van der Waals surface area contributed by atoms with Crippen LogP contribution in [0, 0.1) is 5.92 Å². The summed E-state index contributed by atoms with van der Waals surface area (Å²) in [7, 11) is 3.58. The first-order valence-electron chi connectivity index (χ1n) is 6.46. The highest BCUT2D eigenvalue weighted by atomic mass is 16.5. The van der Waals surface area contributed by atoms with Crippen LogP contribution < -0.4 is 10.1 Å². The van der Waals surface area contributed by atoms with E-state index >= 15 is 0 Å². The minimum atomic E-state index is 0.275. The zero-order valence-electron chi connectivity index (χ0n) is 11.1. The summed E-state index contributed by atoms with van der Waals surface area (Å²) in [5.74, 6) is 1.55. The molecule has 1 saturated heterocycles. The van der Waals surface area contributed by atoms with Gasteiger partial charge in [-0.3, -0.25) is 4.90 Å². The molecule has 0 spiro atoms. The Labute approximate surface area is 109 Å². The average Bonchev–Trinajstić information content (AvgIpc) is 2.80. The van der Waals surface area contributed by atoms with E-state index in [9.17, 15) is 5.11 Å². The molecule has 1 atom stereocenters. The topological polar surface area (TPSA) is 44.7 Å². The molecule has 0 bridgehead atoms. The molecule has 2 rings (SSSR count). The van der Waals surface area contributed by atoms with E-state index < -0.39 is 0 Å². The lowest BCUT2D eigenvalue weighted by atomic mass is 10.1.